The van der Waals surface area contributed by atoms with Crippen LogP contribution >= 0.6 is 11.3 Å². The number of fused-ring (bicyclic) bond motifs is 4. The van der Waals surface area contributed by atoms with E-state index in [9.17, 15) is 24.3 Å². The number of imide groups is 2. The zero-order chi connectivity index (χ0) is 30.9. The SMILES string of the molecule is COc1cc(O)cc(OC)c1[C@H]1C2=CC[C@@H]3C(=O)N(Cc4cccs4)C(=O)[C@@H]3[C@@H]2C[C@H]2C(=O)N(c3ccccc3)C(=O)[C@@]12C. The van der Waals surface area contributed by atoms with E-state index < -0.39 is 35.0 Å². The van der Waals surface area contributed by atoms with Crippen LogP contribution in [0.5, 0.6) is 17.2 Å². The van der Waals surface area contributed by atoms with Crippen LogP contribution in [-0.2, 0) is 25.7 Å². The van der Waals surface area contributed by atoms with Crippen molar-refractivity contribution < 1.29 is 33.8 Å². The highest BCUT2D eigenvalue weighted by molar-refractivity contribution is 7.09. The number of carbonyl (C=O) groups excluding carboxylic acids is 4. The van der Waals surface area contributed by atoms with E-state index in [1.54, 1.807) is 24.3 Å². The van der Waals surface area contributed by atoms with Crippen LogP contribution in [0, 0.1) is 29.1 Å². The summed E-state index contributed by atoms with van der Waals surface area (Å²) in [5.41, 5.74) is 0.563. The maximum Gasteiger partial charge on any atom is 0.241 e. The molecule has 3 fully saturated rings. The molecule has 2 aromatic carbocycles. The standard InChI is InChI=1S/C34H32N2O7S/c1-34-24(31(39)36(33(34)41)18-8-5-4-6-9-18)16-23-21(29(34)28-25(42-2)14-19(37)15-26(28)43-3)11-12-22-27(23)32(40)35(30(22)38)17-20-10-7-13-44-20/h4-11,13-15,22-24,27,29,37H,12,16-17H2,1-3H3/t22-,23+,24-,27-,29+,34+/m0/s1. The Bertz CT molecular complexity index is 1690. The van der Waals surface area contributed by atoms with E-state index in [4.69, 9.17) is 9.47 Å². The molecule has 0 bridgehead atoms. The summed E-state index contributed by atoms with van der Waals surface area (Å²) < 4.78 is 11.5. The number of amides is 4. The minimum absolute atomic E-state index is 0.0743. The van der Waals surface area contributed by atoms with Gasteiger partial charge >= 0.3 is 0 Å². The monoisotopic (exact) mass is 612 g/mol. The maximum atomic E-state index is 14.6. The second-order valence-electron chi connectivity index (χ2n) is 12.1. The second-order valence-corrected chi connectivity index (χ2v) is 13.1. The normalized spacial score (nSPS) is 29.3. The summed E-state index contributed by atoms with van der Waals surface area (Å²) in [4.78, 5) is 60.2. The summed E-state index contributed by atoms with van der Waals surface area (Å²) in [5.74, 6) is -3.75. The summed E-state index contributed by atoms with van der Waals surface area (Å²) in [6.07, 6.45) is 2.58. The lowest BCUT2D eigenvalue weighted by Crippen LogP contribution is -2.49. The van der Waals surface area contributed by atoms with Crippen LogP contribution in [0.3, 0.4) is 0 Å². The van der Waals surface area contributed by atoms with Crippen molar-refractivity contribution in [1.82, 2.24) is 4.90 Å². The van der Waals surface area contributed by atoms with Gasteiger partial charge in [0.2, 0.25) is 23.6 Å². The van der Waals surface area contributed by atoms with Crippen molar-refractivity contribution in [2.24, 2.45) is 29.1 Å². The molecule has 9 nitrogen and oxygen atoms in total. The number of carbonyl (C=O) groups is 4. The third kappa shape index (κ3) is 3.89. The Morgan fingerprint density at radius 2 is 1.64 bits per heavy atom. The average Bonchev–Trinajstić information content (AvgIpc) is 3.68. The minimum Gasteiger partial charge on any atom is -0.508 e. The zero-order valence-electron chi connectivity index (χ0n) is 24.6. The smallest absolute Gasteiger partial charge is 0.241 e. The first-order valence-corrected chi connectivity index (χ1v) is 15.5. The summed E-state index contributed by atoms with van der Waals surface area (Å²) in [6.45, 7) is 2.03. The van der Waals surface area contributed by atoms with E-state index in [2.05, 4.69) is 0 Å². The van der Waals surface area contributed by atoms with Crippen molar-refractivity contribution in [2.75, 3.05) is 19.1 Å². The quantitative estimate of drug-likeness (QED) is 0.311. The Labute approximate surface area is 258 Å². The van der Waals surface area contributed by atoms with Gasteiger partial charge in [-0.05, 0) is 49.3 Å². The number of likely N-dealkylation sites (tertiary alicyclic amines) is 1. The van der Waals surface area contributed by atoms with Crippen LogP contribution in [0.4, 0.5) is 5.69 Å². The number of hydrogen-bond donors (Lipinski definition) is 1. The van der Waals surface area contributed by atoms with Crippen LogP contribution in [-0.4, -0.2) is 47.9 Å². The van der Waals surface area contributed by atoms with Gasteiger partial charge in [0.1, 0.15) is 17.2 Å². The Morgan fingerprint density at radius 3 is 2.27 bits per heavy atom. The highest BCUT2D eigenvalue weighted by atomic mass is 32.1. The van der Waals surface area contributed by atoms with Gasteiger partial charge in [-0.2, -0.15) is 0 Å². The maximum absolute atomic E-state index is 14.6. The van der Waals surface area contributed by atoms with Gasteiger partial charge in [-0.25, -0.2) is 4.90 Å². The number of hydrogen-bond acceptors (Lipinski definition) is 8. The van der Waals surface area contributed by atoms with Gasteiger partial charge in [0.15, 0.2) is 0 Å². The summed E-state index contributed by atoms with van der Waals surface area (Å²) >= 11 is 1.49. The minimum atomic E-state index is -1.26. The first-order valence-electron chi connectivity index (χ1n) is 14.7. The summed E-state index contributed by atoms with van der Waals surface area (Å²) in [7, 11) is 2.95. The fourth-order valence-corrected chi connectivity index (χ4v) is 8.83. The molecule has 1 aromatic heterocycles. The predicted molar refractivity (Wildman–Crippen MR) is 162 cm³/mol. The number of ether oxygens (including phenoxy) is 2. The van der Waals surface area contributed by atoms with Crippen molar-refractivity contribution >= 4 is 40.7 Å². The number of nitrogens with zero attached hydrogens (tertiary/aromatic N) is 2. The topological polar surface area (TPSA) is 113 Å². The molecule has 1 saturated carbocycles. The molecule has 3 aromatic rings. The third-order valence-electron chi connectivity index (χ3n) is 10.1. The molecule has 0 radical (unpaired) electrons. The molecule has 6 atom stereocenters. The molecule has 4 amide bonds. The predicted octanol–water partition coefficient (Wildman–Crippen LogP) is 4.90. The summed E-state index contributed by atoms with van der Waals surface area (Å²) in [6, 6.07) is 15.6. The van der Waals surface area contributed by atoms with Crippen molar-refractivity contribution in [3.8, 4) is 17.2 Å². The molecule has 7 rings (SSSR count). The van der Waals surface area contributed by atoms with Crippen LogP contribution in [0.1, 0.15) is 36.1 Å². The van der Waals surface area contributed by atoms with Gasteiger partial charge in [-0.1, -0.05) is 35.9 Å². The molecule has 2 saturated heterocycles. The van der Waals surface area contributed by atoms with E-state index in [1.165, 1.54) is 47.5 Å². The first kappa shape index (κ1) is 28.3. The molecule has 0 spiro atoms. The van der Waals surface area contributed by atoms with Crippen molar-refractivity contribution in [3.05, 3.63) is 82.1 Å². The Morgan fingerprint density at radius 1 is 0.932 bits per heavy atom. The van der Waals surface area contributed by atoms with E-state index in [0.717, 1.165) is 10.5 Å². The fourth-order valence-electron chi connectivity index (χ4n) is 8.14. The highest BCUT2D eigenvalue weighted by Gasteiger charge is 2.68. The van der Waals surface area contributed by atoms with Crippen LogP contribution in [0.15, 0.2) is 71.6 Å². The Kier molecular flexibility index (Phi) is 6.65. The number of allylic oxidation sites excluding steroid dienone is 2. The van der Waals surface area contributed by atoms with Gasteiger partial charge in [0, 0.05) is 28.5 Å². The number of benzene rings is 2. The van der Waals surface area contributed by atoms with Crippen molar-refractivity contribution in [3.63, 3.8) is 0 Å². The molecule has 2 aliphatic heterocycles. The van der Waals surface area contributed by atoms with E-state index in [1.807, 2.05) is 36.6 Å². The number of thiophene rings is 1. The lowest BCUT2D eigenvalue weighted by molar-refractivity contribution is -0.141. The van der Waals surface area contributed by atoms with E-state index in [0.29, 0.717) is 29.2 Å². The van der Waals surface area contributed by atoms with Crippen molar-refractivity contribution in [1.29, 1.82) is 0 Å². The average molecular weight is 613 g/mol. The Hall–Kier alpha value is -4.44. The molecule has 2 aliphatic carbocycles. The fraction of sp³-hybridized carbons (Fsp3) is 0.353. The number of phenols is 1. The zero-order valence-corrected chi connectivity index (χ0v) is 25.4. The summed E-state index contributed by atoms with van der Waals surface area (Å²) in [5, 5.41) is 12.4. The molecular weight excluding hydrogens is 580 g/mol. The lowest BCUT2D eigenvalue weighted by atomic mass is 9.51. The first-order chi connectivity index (χ1) is 21.2. The Balaban J connectivity index is 1.40. The van der Waals surface area contributed by atoms with E-state index in [-0.39, 0.29) is 42.3 Å². The van der Waals surface area contributed by atoms with Gasteiger partial charge < -0.3 is 14.6 Å². The van der Waals surface area contributed by atoms with E-state index >= 15 is 0 Å². The number of anilines is 1. The number of rotatable bonds is 6. The van der Waals surface area contributed by atoms with Crippen LogP contribution < -0.4 is 14.4 Å². The second kappa shape index (κ2) is 10.3. The lowest BCUT2D eigenvalue weighted by Gasteiger charge is -2.49. The van der Waals surface area contributed by atoms with Crippen LogP contribution in [0.2, 0.25) is 0 Å². The number of phenolic OH excluding ortho intramolecular Hbond substituents is 1. The number of aromatic hydroxyl groups is 1. The molecule has 1 N–H and O–H groups in total. The molecule has 10 heteroatoms. The third-order valence-corrected chi connectivity index (χ3v) is 11.0. The van der Waals surface area contributed by atoms with Gasteiger partial charge in [-0.15, -0.1) is 11.3 Å². The molecule has 44 heavy (non-hydrogen) atoms. The number of methoxy groups -OCH3 is 2. The van der Waals surface area contributed by atoms with Gasteiger partial charge in [-0.3, -0.25) is 24.1 Å². The molecule has 3 heterocycles. The largest absolute Gasteiger partial charge is 0.508 e. The van der Waals surface area contributed by atoms with Gasteiger partial charge in [0.05, 0.1) is 49.6 Å². The molecular formula is C34H32N2O7S. The van der Waals surface area contributed by atoms with Gasteiger partial charge in [0.25, 0.3) is 0 Å². The highest BCUT2D eigenvalue weighted by Crippen LogP contribution is 2.65. The number of para-hydroxylation sites is 1. The molecule has 4 aliphatic rings. The van der Waals surface area contributed by atoms with Crippen molar-refractivity contribution in [2.45, 2.75) is 32.2 Å². The molecule has 226 valence electrons. The molecule has 0 unspecified atom stereocenters. The van der Waals surface area contributed by atoms with Crippen LogP contribution in [0.25, 0.3) is 0 Å².